The molecule has 0 fully saturated rings. The Labute approximate surface area is 233 Å². The molecule has 3 aromatic rings. The van der Waals surface area contributed by atoms with E-state index >= 15 is 0 Å². The third kappa shape index (κ3) is 5.26. The summed E-state index contributed by atoms with van der Waals surface area (Å²) >= 11 is 2.14. The highest BCUT2D eigenvalue weighted by Crippen LogP contribution is 2.46. The number of benzene rings is 1. The monoisotopic (exact) mass is 571 g/mol. The number of aliphatic hydroxyl groups excluding tert-OH is 1. The van der Waals surface area contributed by atoms with Gasteiger partial charge in [-0.25, -0.2) is 14.8 Å². The Morgan fingerprint density at radius 1 is 0.949 bits per heavy atom. The van der Waals surface area contributed by atoms with Gasteiger partial charge in [-0.1, -0.05) is 17.4 Å². The molecule has 0 aliphatic carbocycles. The number of esters is 1. The van der Waals surface area contributed by atoms with Crippen molar-refractivity contribution in [1.82, 2.24) is 9.97 Å². The highest BCUT2D eigenvalue weighted by atomic mass is 32.1. The summed E-state index contributed by atoms with van der Waals surface area (Å²) in [5, 5.41) is 11.9. The zero-order valence-corrected chi connectivity index (χ0v) is 24.1. The second kappa shape index (κ2) is 11.5. The van der Waals surface area contributed by atoms with Gasteiger partial charge in [0.15, 0.2) is 22.4 Å². The van der Waals surface area contributed by atoms with Crippen LogP contribution < -0.4 is 14.4 Å². The first-order valence-electron chi connectivity index (χ1n) is 12.4. The average molecular weight is 572 g/mol. The number of hydrogen-bond acceptors (Lipinski definition) is 11. The molecule has 0 saturated heterocycles. The van der Waals surface area contributed by atoms with Crippen LogP contribution in [0.3, 0.4) is 0 Å². The summed E-state index contributed by atoms with van der Waals surface area (Å²) in [4.78, 5) is 50.5. The third-order valence-corrected chi connectivity index (χ3v) is 8.11. The molecule has 4 rings (SSSR count). The molecule has 10 nitrogen and oxygen atoms in total. The normalized spacial score (nSPS) is 15.2. The van der Waals surface area contributed by atoms with Gasteiger partial charge in [-0.3, -0.25) is 14.5 Å². The van der Waals surface area contributed by atoms with E-state index in [2.05, 4.69) is 9.97 Å². The highest BCUT2D eigenvalue weighted by Gasteiger charge is 2.47. The molecule has 1 unspecified atom stereocenters. The predicted molar refractivity (Wildman–Crippen MR) is 147 cm³/mol. The molecule has 12 heteroatoms. The fourth-order valence-electron chi connectivity index (χ4n) is 4.32. The van der Waals surface area contributed by atoms with Gasteiger partial charge in [-0.15, -0.1) is 11.3 Å². The Morgan fingerprint density at radius 3 is 2.23 bits per heavy atom. The van der Waals surface area contributed by atoms with Crippen LogP contribution in [-0.4, -0.2) is 52.6 Å². The van der Waals surface area contributed by atoms with E-state index in [0.717, 1.165) is 11.3 Å². The zero-order valence-electron chi connectivity index (χ0n) is 22.5. The number of nitrogens with zero attached hydrogens (tertiary/aromatic N) is 3. The lowest BCUT2D eigenvalue weighted by atomic mass is 9.95. The van der Waals surface area contributed by atoms with Crippen molar-refractivity contribution in [2.75, 3.05) is 24.7 Å². The summed E-state index contributed by atoms with van der Waals surface area (Å²) in [6.07, 6.45) is 0. The van der Waals surface area contributed by atoms with Crippen LogP contribution in [-0.2, 0) is 9.53 Å². The van der Waals surface area contributed by atoms with Gasteiger partial charge in [0.2, 0.25) is 5.78 Å². The van der Waals surface area contributed by atoms with Crippen LogP contribution in [0, 0.1) is 20.8 Å². The van der Waals surface area contributed by atoms with Crippen molar-refractivity contribution >= 4 is 45.5 Å². The van der Waals surface area contributed by atoms with Crippen LogP contribution in [0.1, 0.15) is 68.1 Å². The SMILES string of the molecule is CCOC(=O)c1sc(N2C(=O)C(O)=C(C(=O)c3sc(C)nc3C)C2c2ccc(OCC)c(OCC)c2)nc1C. The van der Waals surface area contributed by atoms with Gasteiger partial charge in [0.05, 0.1) is 52.7 Å². The predicted octanol–water partition coefficient (Wildman–Crippen LogP) is 5.28. The molecule has 39 heavy (non-hydrogen) atoms. The van der Waals surface area contributed by atoms with Crippen LogP contribution in [0.5, 0.6) is 11.5 Å². The van der Waals surface area contributed by atoms with Gasteiger partial charge < -0.3 is 19.3 Å². The number of amides is 1. The van der Waals surface area contributed by atoms with E-state index < -0.39 is 29.5 Å². The summed E-state index contributed by atoms with van der Waals surface area (Å²) in [6.45, 7) is 11.4. The van der Waals surface area contributed by atoms with Crippen molar-refractivity contribution in [3.63, 3.8) is 0 Å². The maximum Gasteiger partial charge on any atom is 0.350 e. The van der Waals surface area contributed by atoms with E-state index in [-0.39, 0.29) is 22.2 Å². The van der Waals surface area contributed by atoms with Gasteiger partial charge in [0.1, 0.15) is 4.88 Å². The van der Waals surface area contributed by atoms with Crippen LogP contribution in [0.4, 0.5) is 5.13 Å². The van der Waals surface area contributed by atoms with Crippen molar-refractivity contribution in [1.29, 1.82) is 0 Å². The molecule has 1 aliphatic rings. The molecule has 1 aliphatic heterocycles. The summed E-state index contributed by atoms with van der Waals surface area (Å²) in [5.41, 5.74) is 1.26. The van der Waals surface area contributed by atoms with Crippen molar-refractivity contribution in [3.8, 4) is 11.5 Å². The minimum Gasteiger partial charge on any atom is -0.503 e. The van der Waals surface area contributed by atoms with E-state index in [1.165, 1.54) is 16.2 Å². The molecule has 3 heterocycles. The molecule has 0 bridgehead atoms. The quantitative estimate of drug-likeness (QED) is 0.255. The van der Waals surface area contributed by atoms with E-state index in [9.17, 15) is 19.5 Å². The number of anilines is 1. The first-order chi connectivity index (χ1) is 18.6. The Kier molecular flexibility index (Phi) is 8.36. The first kappa shape index (κ1) is 28.2. The van der Waals surface area contributed by atoms with Crippen LogP contribution in [0.25, 0.3) is 0 Å². The van der Waals surface area contributed by atoms with Crippen molar-refractivity contribution in [3.05, 3.63) is 61.2 Å². The maximum atomic E-state index is 13.9. The summed E-state index contributed by atoms with van der Waals surface area (Å²) in [6, 6.07) is 4.04. The minimum absolute atomic E-state index is 0.108. The van der Waals surface area contributed by atoms with Crippen LogP contribution >= 0.6 is 22.7 Å². The zero-order chi connectivity index (χ0) is 28.4. The Bertz CT molecular complexity index is 1470. The first-order valence-corrected chi connectivity index (χ1v) is 14.1. The lowest BCUT2D eigenvalue weighted by Gasteiger charge is -2.25. The lowest BCUT2D eigenvalue weighted by Crippen LogP contribution is -2.31. The number of rotatable bonds is 10. The number of carbonyl (C=O) groups excluding carboxylic acids is 3. The number of ether oxygens (including phenoxy) is 3. The number of thiazole rings is 2. The maximum absolute atomic E-state index is 13.9. The molecule has 0 spiro atoms. The molecule has 206 valence electrons. The van der Waals surface area contributed by atoms with Crippen molar-refractivity contribution < 1.29 is 33.7 Å². The number of aliphatic hydroxyl groups is 1. The smallest absolute Gasteiger partial charge is 0.350 e. The molecular formula is C27H29N3O7S2. The molecule has 1 amide bonds. The third-order valence-electron chi connectivity index (χ3n) is 5.90. The van der Waals surface area contributed by atoms with Gasteiger partial charge in [0.25, 0.3) is 5.91 Å². The largest absolute Gasteiger partial charge is 0.503 e. The van der Waals surface area contributed by atoms with Crippen LogP contribution in [0.15, 0.2) is 29.5 Å². The highest BCUT2D eigenvalue weighted by molar-refractivity contribution is 7.17. The number of hydrogen-bond donors (Lipinski definition) is 1. The van der Waals surface area contributed by atoms with Gasteiger partial charge in [0, 0.05) is 0 Å². The fraction of sp³-hybridized carbons (Fsp3) is 0.370. The molecule has 1 atom stereocenters. The number of carbonyl (C=O) groups is 3. The molecule has 1 N–H and O–H groups in total. The number of Topliss-reactive ketones (excluding diaryl/α,β-unsaturated/α-hetero) is 1. The Balaban J connectivity index is 1.90. The number of aryl methyl sites for hydroxylation is 3. The summed E-state index contributed by atoms with van der Waals surface area (Å²) < 4.78 is 16.6. The topological polar surface area (TPSA) is 128 Å². The standard InChI is InChI=1S/C27H29N3O7S2/c1-7-35-17-11-10-16(12-18(17)36-8-2)20-19(21(31)23-13(4)28-15(6)38-23)22(32)25(33)30(20)27-29-14(5)24(39-27)26(34)37-9-3/h10-12,20,32H,7-9H2,1-6H3. The summed E-state index contributed by atoms with van der Waals surface area (Å²) in [7, 11) is 0. The minimum atomic E-state index is -1.05. The van der Waals surface area contributed by atoms with Gasteiger partial charge in [-0.05, 0) is 59.2 Å². The molecule has 1 aromatic carbocycles. The Morgan fingerprint density at radius 2 is 1.62 bits per heavy atom. The molecular weight excluding hydrogens is 542 g/mol. The van der Waals surface area contributed by atoms with E-state index in [1.54, 1.807) is 45.9 Å². The molecule has 0 radical (unpaired) electrons. The van der Waals surface area contributed by atoms with Gasteiger partial charge >= 0.3 is 5.97 Å². The number of ketones is 1. The average Bonchev–Trinajstić information content (AvgIpc) is 3.52. The second-order valence-electron chi connectivity index (χ2n) is 8.52. The lowest BCUT2D eigenvalue weighted by molar-refractivity contribution is -0.117. The van der Waals surface area contributed by atoms with Crippen LogP contribution in [0.2, 0.25) is 0 Å². The van der Waals surface area contributed by atoms with E-state index in [1.807, 2.05) is 13.8 Å². The second-order valence-corrected chi connectivity index (χ2v) is 10.7. The fourth-order valence-corrected chi connectivity index (χ4v) is 6.18. The molecule has 0 saturated carbocycles. The van der Waals surface area contributed by atoms with Crippen molar-refractivity contribution in [2.24, 2.45) is 0 Å². The van der Waals surface area contributed by atoms with E-state index in [4.69, 9.17) is 14.2 Å². The Hall–Kier alpha value is -3.77. The van der Waals surface area contributed by atoms with Crippen molar-refractivity contribution in [2.45, 2.75) is 47.6 Å². The van der Waals surface area contributed by atoms with E-state index in [0.29, 0.717) is 51.5 Å². The number of aromatic nitrogens is 2. The summed E-state index contributed by atoms with van der Waals surface area (Å²) in [5.74, 6) is -1.64. The van der Waals surface area contributed by atoms with Gasteiger partial charge in [-0.2, -0.15) is 0 Å². The molecule has 2 aromatic heterocycles.